The van der Waals surface area contributed by atoms with Crippen LogP contribution in [0.2, 0.25) is 0 Å². The number of aromatic nitrogens is 2. The van der Waals surface area contributed by atoms with Crippen LogP contribution in [0.1, 0.15) is 29.4 Å². The van der Waals surface area contributed by atoms with E-state index in [0.717, 1.165) is 5.56 Å². The van der Waals surface area contributed by atoms with Gasteiger partial charge in [0.1, 0.15) is 0 Å². The van der Waals surface area contributed by atoms with Crippen LogP contribution in [-0.2, 0) is 11.3 Å². The summed E-state index contributed by atoms with van der Waals surface area (Å²) in [5.74, 6) is -0.623. The van der Waals surface area contributed by atoms with Crippen molar-refractivity contribution in [2.45, 2.75) is 19.9 Å². The molecule has 2 aromatic rings. The molecule has 0 spiro atoms. The van der Waals surface area contributed by atoms with Crippen molar-refractivity contribution in [1.82, 2.24) is 9.55 Å². The third-order valence-corrected chi connectivity index (χ3v) is 2.85. The second kappa shape index (κ2) is 6.01. The highest BCUT2D eigenvalue weighted by atomic mass is 16.2. The Morgan fingerprint density at radius 1 is 1.30 bits per heavy atom. The highest BCUT2D eigenvalue weighted by Gasteiger charge is 2.17. The van der Waals surface area contributed by atoms with Gasteiger partial charge in [0.05, 0.1) is 6.33 Å². The number of hydrogen-bond acceptors (Lipinski definition) is 3. The summed E-state index contributed by atoms with van der Waals surface area (Å²) in [6.07, 6.45) is 1.81. The van der Waals surface area contributed by atoms with Gasteiger partial charge >= 0.3 is 0 Å². The highest BCUT2D eigenvalue weighted by molar-refractivity contribution is 6.00. The van der Waals surface area contributed by atoms with Gasteiger partial charge in [-0.25, -0.2) is 4.98 Å². The van der Waals surface area contributed by atoms with Crippen LogP contribution >= 0.6 is 0 Å². The standard InChI is InChI=1S/C14H16N4O2/c1-2-11(19)17-14-12(13(15)20)18(9-16-14)8-10-6-4-3-5-7-10/h3-7,9H,2,8H2,1H3,(H2,15,20)(H,17,19). The van der Waals surface area contributed by atoms with Crippen molar-refractivity contribution in [3.8, 4) is 0 Å². The van der Waals surface area contributed by atoms with Gasteiger partial charge in [-0.2, -0.15) is 0 Å². The van der Waals surface area contributed by atoms with E-state index in [1.165, 1.54) is 6.33 Å². The first-order chi connectivity index (χ1) is 9.61. The number of anilines is 1. The number of nitrogens with one attached hydrogen (secondary N) is 1. The number of imidazole rings is 1. The van der Waals surface area contributed by atoms with Gasteiger partial charge in [-0.1, -0.05) is 37.3 Å². The van der Waals surface area contributed by atoms with Crippen LogP contribution in [0.25, 0.3) is 0 Å². The molecule has 1 aromatic heterocycles. The second-order valence-electron chi connectivity index (χ2n) is 4.32. The zero-order valence-corrected chi connectivity index (χ0v) is 11.2. The lowest BCUT2D eigenvalue weighted by Gasteiger charge is -2.07. The lowest BCUT2D eigenvalue weighted by molar-refractivity contribution is -0.115. The van der Waals surface area contributed by atoms with Crippen LogP contribution < -0.4 is 11.1 Å². The fourth-order valence-corrected chi connectivity index (χ4v) is 1.85. The Balaban J connectivity index is 2.30. The maximum Gasteiger partial charge on any atom is 0.269 e. The van der Waals surface area contributed by atoms with Crippen LogP contribution in [0.5, 0.6) is 0 Å². The van der Waals surface area contributed by atoms with Crippen molar-refractivity contribution in [3.05, 3.63) is 47.9 Å². The third-order valence-electron chi connectivity index (χ3n) is 2.85. The molecule has 2 amide bonds. The first-order valence-electron chi connectivity index (χ1n) is 6.30. The fourth-order valence-electron chi connectivity index (χ4n) is 1.85. The minimum Gasteiger partial charge on any atom is -0.364 e. The van der Waals surface area contributed by atoms with Crippen molar-refractivity contribution < 1.29 is 9.59 Å². The van der Waals surface area contributed by atoms with Crippen LogP contribution in [0, 0.1) is 0 Å². The molecule has 20 heavy (non-hydrogen) atoms. The van der Waals surface area contributed by atoms with Crippen molar-refractivity contribution in [3.63, 3.8) is 0 Å². The van der Waals surface area contributed by atoms with E-state index in [2.05, 4.69) is 10.3 Å². The van der Waals surface area contributed by atoms with Gasteiger partial charge < -0.3 is 15.6 Å². The number of benzene rings is 1. The Morgan fingerprint density at radius 2 is 2.00 bits per heavy atom. The van der Waals surface area contributed by atoms with Crippen LogP contribution in [0.15, 0.2) is 36.7 Å². The normalized spacial score (nSPS) is 10.2. The van der Waals surface area contributed by atoms with E-state index in [4.69, 9.17) is 5.73 Å². The number of rotatable bonds is 5. The maximum absolute atomic E-state index is 11.6. The molecule has 6 nitrogen and oxygen atoms in total. The van der Waals surface area contributed by atoms with Gasteiger partial charge in [-0.15, -0.1) is 0 Å². The van der Waals surface area contributed by atoms with E-state index in [1.807, 2.05) is 30.3 Å². The Bertz CT molecular complexity index is 619. The summed E-state index contributed by atoms with van der Waals surface area (Å²) < 4.78 is 1.63. The van der Waals surface area contributed by atoms with Crippen molar-refractivity contribution in [1.29, 1.82) is 0 Å². The summed E-state index contributed by atoms with van der Waals surface area (Å²) in [6, 6.07) is 9.62. The SMILES string of the molecule is CCC(=O)Nc1ncn(Cc2ccccc2)c1C(N)=O. The van der Waals surface area contributed by atoms with Crippen molar-refractivity contribution in [2.24, 2.45) is 5.73 Å². The van der Waals surface area contributed by atoms with E-state index >= 15 is 0 Å². The molecule has 0 aliphatic carbocycles. The molecule has 0 atom stereocenters. The zero-order chi connectivity index (χ0) is 14.5. The minimum absolute atomic E-state index is 0.204. The number of hydrogen-bond donors (Lipinski definition) is 2. The number of amides is 2. The molecule has 0 saturated heterocycles. The molecule has 2 rings (SSSR count). The summed E-state index contributed by atoms with van der Waals surface area (Å²) in [6.45, 7) is 2.19. The van der Waals surface area contributed by atoms with Gasteiger partial charge in [0.25, 0.3) is 5.91 Å². The van der Waals surface area contributed by atoms with E-state index in [1.54, 1.807) is 11.5 Å². The van der Waals surface area contributed by atoms with E-state index in [-0.39, 0.29) is 17.4 Å². The van der Waals surface area contributed by atoms with E-state index in [9.17, 15) is 9.59 Å². The Labute approximate surface area is 116 Å². The fraction of sp³-hybridized carbons (Fsp3) is 0.214. The largest absolute Gasteiger partial charge is 0.364 e. The zero-order valence-electron chi connectivity index (χ0n) is 11.2. The number of carbonyl (C=O) groups excluding carboxylic acids is 2. The average Bonchev–Trinajstić information content (AvgIpc) is 2.82. The number of nitrogens with two attached hydrogens (primary N) is 1. The predicted octanol–water partition coefficient (Wildman–Crippen LogP) is 1.38. The van der Waals surface area contributed by atoms with E-state index in [0.29, 0.717) is 13.0 Å². The smallest absolute Gasteiger partial charge is 0.269 e. The highest BCUT2D eigenvalue weighted by Crippen LogP contribution is 2.15. The van der Waals surface area contributed by atoms with Gasteiger partial charge in [0.2, 0.25) is 5.91 Å². The average molecular weight is 272 g/mol. The van der Waals surface area contributed by atoms with Crippen LogP contribution in [0.3, 0.4) is 0 Å². The van der Waals surface area contributed by atoms with Crippen molar-refractivity contribution >= 4 is 17.6 Å². The minimum atomic E-state index is -0.621. The summed E-state index contributed by atoms with van der Waals surface area (Å²) in [5.41, 5.74) is 6.60. The van der Waals surface area contributed by atoms with Gasteiger partial charge in [0, 0.05) is 13.0 Å². The van der Waals surface area contributed by atoms with Crippen LogP contribution in [-0.4, -0.2) is 21.4 Å². The molecule has 104 valence electrons. The lowest BCUT2D eigenvalue weighted by Crippen LogP contribution is -2.21. The number of primary amides is 1. The second-order valence-corrected chi connectivity index (χ2v) is 4.32. The molecule has 1 aromatic carbocycles. The number of carbonyl (C=O) groups is 2. The number of nitrogens with zero attached hydrogens (tertiary/aromatic N) is 2. The summed E-state index contributed by atoms with van der Waals surface area (Å²) in [5, 5.41) is 2.58. The molecule has 0 fully saturated rings. The molecule has 0 aliphatic heterocycles. The van der Waals surface area contributed by atoms with Crippen LogP contribution in [0.4, 0.5) is 5.82 Å². The van der Waals surface area contributed by atoms with E-state index < -0.39 is 5.91 Å². The lowest BCUT2D eigenvalue weighted by atomic mass is 10.2. The summed E-state index contributed by atoms with van der Waals surface area (Å²) >= 11 is 0. The molecular formula is C14H16N4O2. The molecule has 0 bridgehead atoms. The quantitative estimate of drug-likeness (QED) is 0.861. The Hall–Kier alpha value is -2.63. The monoisotopic (exact) mass is 272 g/mol. The topological polar surface area (TPSA) is 90.0 Å². The van der Waals surface area contributed by atoms with Gasteiger partial charge in [0.15, 0.2) is 11.5 Å². The Kier molecular flexibility index (Phi) is 4.14. The summed E-state index contributed by atoms with van der Waals surface area (Å²) in [7, 11) is 0. The molecule has 3 N–H and O–H groups in total. The van der Waals surface area contributed by atoms with Gasteiger partial charge in [-0.3, -0.25) is 9.59 Å². The molecule has 6 heteroatoms. The Morgan fingerprint density at radius 3 is 2.60 bits per heavy atom. The predicted molar refractivity (Wildman–Crippen MR) is 75.2 cm³/mol. The maximum atomic E-state index is 11.6. The van der Waals surface area contributed by atoms with Gasteiger partial charge in [-0.05, 0) is 5.56 Å². The molecule has 0 unspecified atom stereocenters. The summed E-state index contributed by atoms with van der Waals surface area (Å²) in [4.78, 5) is 27.0. The first-order valence-corrected chi connectivity index (χ1v) is 6.30. The third kappa shape index (κ3) is 3.03. The molecule has 0 aliphatic rings. The molecule has 0 saturated carbocycles. The first kappa shape index (κ1) is 13.8. The molecule has 0 radical (unpaired) electrons. The molecule has 1 heterocycles. The molecular weight excluding hydrogens is 256 g/mol. The van der Waals surface area contributed by atoms with Crippen molar-refractivity contribution in [2.75, 3.05) is 5.32 Å².